The van der Waals surface area contributed by atoms with Gasteiger partial charge in [0.15, 0.2) is 5.69 Å². The fraction of sp³-hybridized carbons (Fsp3) is 0.190. The van der Waals surface area contributed by atoms with Gasteiger partial charge in [0, 0.05) is 17.4 Å². The lowest BCUT2D eigenvalue weighted by molar-refractivity contribution is 0.101. The van der Waals surface area contributed by atoms with Gasteiger partial charge in [0.1, 0.15) is 0 Å². The molecule has 0 aliphatic carbocycles. The van der Waals surface area contributed by atoms with Gasteiger partial charge in [0.2, 0.25) is 15.5 Å². The van der Waals surface area contributed by atoms with E-state index >= 15 is 0 Å². The summed E-state index contributed by atoms with van der Waals surface area (Å²) in [5.41, 5.74) is 2.08. The molecule has 8 nitrogen and oxygen atoms in total. The first-order chi connectivity index (χ1) is 14.2. The van der Waals surface area contributed by atoms with Crippen molar-refractivity contribution < 1.29 is 13.2 Å². The number of sulfonamides is 1. The van der Waals surface area contributed by atoms with Gasteiger partial charge in [0.25, 0.3) is 5.91 Å². The summed E-state index contributed by atoms with van der Waals surface area (Å²) in [5, 5.41) is 6.89. The molecule has 0 saturated heterocycles. The van der Waals surface area contributed by atoms with Gasteiger partial charge < -0.3 is 5.32 Å². The molecule has 0 radical (unpaired) electrons. The Bertz CT molecular complexity index is 1250. The van der Waals surface area contributed by atoms with Gasteiger partial charge in [0.05, 0.1) is 17.1 Å². The minimum atomic E-state index is -3.41. The maximum Gasteiger partial charge on any atom is 0.280 e. The van der Waals surface area contributed by atoms with Crippen LogP contribution in [0.2, 0.25) is 0 Å². The molecule has 0 bridgehead atoms. The second-order valence-electron chi connectivity index (χ2n) is 6.74. The molecule has 0 aliphatic heterocycles. The molecule has 0 aliphatic rings. The van der Waals surface area contributed by atoms with Crippen LogP contribution in [0.1, 0.15) is 28.7 Å². The first-order valence-electron chi connectivity index (χ1n) is 9.29. The highest BCUT2D eigenvalue weighted by molar-refractivity contribution is 7.92. The summed E-state index contributed by atoms with van der Waals surface area (Å²) in [6, 6.07) is 15.3. The summed E-state index contributed by atoms with van der Waals surface area (Å²) in [6.45, 7) is 5.00. The van der Waals surface area contributed by atoms with E-state index in [0.29, 0.717) is 22.6 Å². The van der Waals surface area contributed by atoms with E-state index in [1.165, 1.54) is 10.7 Å². The van der Waals surface area contributed by atoms with Crippen LogP contribution in [0.3, 0.4) is 0 Å². The van der Waals surface area contributed by atoms with Crippen molar-refractivity contribution in [1.29, 1.82) is 0 Å². The molecule has 156 valence electrons. The van der Waals surface area contributed by atoms with Crippen LogP contribution in [-0.4, -0.2) is 29.9 Å². The van der Waals surface area contributed by atoms with Crippen molar-refractivity contribution in [2.24, 2.45) is 0 Å². The molecular formula is C21H22N4O4S. The van der Waals surface area contributed by atoms with E-state index in [-0.39, 0.29) is 11.4 Å². The Morgan fingerprint density at radius 2 is 1.77 bits per heavy atom. The summed E-state index contributed by atoms with van der Waals surface area (Å²) >= 11 is 0. The topological polar surface area (TPSA) is 110 Å². The van der Waals surface area contributed by atoms with Crippen LogP contribution in [0, 0.1) is 13.8 Å². The standard InChI is InChI=1S/C21H22N4O4S/c1-4-30(28,29)24-18-11-10-16(12-14(18)2)22-21(27)20-19(26)13-15(3)25(23-20)17-8-6-5-7-9-17/h5-13,24H,4H2,1-3H3,(H,22,27). The normalized spacial score (nSPS) is 11.2. The largest absolute Gasteiger partial charge is 0.320 e. The van der Waals surface area contributed by atoms with Crippen molar-refractivity contribution in [2.75, 3.05) is 15.8 Å². The molecule has 0 saturated carbocycles. The lowest BCUT2D eigenvalue weighted by atomic mass is 10.2. The Balaban J connectivity index is 1.88. The van der Waals surface area contributed by atoms with Crippen molar-refractivity contribution in [3.63, 3.8) is 0 Å². The maximum absolute atomic E-state index is 12.7. The number of rotatable bonds is 6. The lowest BCUT2D eigenvalue weighted by Crippen LogP contribution is -2.27. The molecule has 9 heteroatoms. The van der Waals surface area contributed by atoms with Crippen LogP contribution in [0.15, 0.2) is 59.4 Å². The Labute approximate surface area is 174 Å². The summed E-state index contributed by atoms with van der Waals surface area (Å²) in [6.07, 6.45) is 0. The van der Waals surface area contributed by atoms with Crippen molar-refractivity contribution >= 4 is 27.3 Å². The zero-order chi connectivity index (χ0) is 21.9. The van der Waals surface area contributed by atoms with Crippen LogP contribution in [0.25, 0.3) is 5.69 Å². The van der Waals surface area contributed by atoms with Crippen LogP contribution in [-0.2, 0) is 10.0 Å². The monoisotopic (exact) mass is 426 g/mol. The number of amides is 1. The average Bonchev–Trinajstić information content (AvgIpc) is 2.70. The van der Waals surface area contributed by atoms with Crippen molar-refractivity contribution in [3.8, 4) is 5.69 Å². The van der Waals surface area contributed by atoms with Gasteiger partial charge >= 0.3 is 0 Å². The molecule has 0 unspecified atom stereocenters. The van der Waals surface area contributed by atoms with E-state index in [1.807, 2.05) is 30.3 Å². The predicted octanol–water partition coefficient (Wildman–Crippen LogP) is 2.86. The van der Waals surface area contributed by atoms with E-state index in [0.717, 1.165) is 5.69 Å². The van der Waals surface area contributed by atoms with Crippen molar-refractivity contribution in [1.82, 2.24) is 9.78 Å². The molecule has 30 heavy (non-hydrogen) atoms. The Morgan fingerprint density at radius 1 is 1.07 bits per heavy atom. The van der Waals surface area contributed by atoms with Gasteiger partial charge in [-0.3, -0.25) is 14.3 Å². The highest BCUT2D eigenvalue weighted by Crippen LogP contribution is 2.21. The van der Waals surface area contributed by atoms with Gasteiger partial charge in [-0.05, 0) is 56.7 Å². The predicted molar refractivity (Wildman–Crippen MR) is 117 cm³/mol. The number of carbonyl (C=O) groups excluding carboxylic acids is 1. The number of aryl methyl sites for hydroxylation is 2. The van der Waals surface area contributed by atoms with E-state index in [2.05, 4.69) is 15.1 Å². The summed E-state index contributed by atoms with van der Waals surface area (Å²) in [5.74, 6) is -0.691. The van der Waals surface area contributed by atoms with Crippen LogP contribution in [0.5, 0.6) is 0 Å². The third-order valence-electron chi connectivity index (χ3n) is 4.45. The quantitative estimate of drug-likeness (QED) is 0.630. The first kappa shape index (κ1) is 21.3. The number of nitrogens with zero attached hydrogens (tertiary/aromatic N) is 2. The molecule has 1 amide bonds. The molecule has 2 N–H and O–H groups in total. The van der Waals surface area contributed by atoms with Gasteiger partial charge in [-0.1, -0.05) is 18.2 Å². The maximum atomic E-state index is 12.7. The van der Waals surface area contributed by atoms with E-state index < -0.39 is 21.4 Å². The van der Waals surface area contributed by atoms with Crippen LogP contribution >= 0.6 is 0 Å². The van der Waals surface area contributed by atoms with E-state index in [4.69, 9.17) is 0 Å². The minimum Gasteiger partial charge on any atom is -0.320 e. The molecule has 3 rings (SSSR count). The van der Waals surface area contributed by atoms with Gasteiger partial charge in [-0.25, -0.2) is 13.1 Å². The highest BCUT2D eigenvalue weighted by Gasteiger charge is 2.16. The Hall–Kier alpha value is -3.46. The van der Waals surface area contributed by atoms with Crippen LogP contribution < -0.4 is 15.5 Å². The number of hydrogen-bond acceptors (Lipinski definition) is 5. The number of benzene rings is 2. The fourth-order valence-electron chi connectivity index (χ4n) is 2.82. The number of aromatic nitrogens is 2. The molecule has 1 aromatic heterocycles. The first-order valence-corrected chi connectivity index (χ1v) is 10.9. The third kappa shape index (κ3) is 4.74. The molecule has 2 aromatic carbocycles. The second-order valence-corrected chi connectivity index (χ2v) is 8.75. The lowest BCUT2D eigenvalue weighted by Gasteiger charge is -2.13. The minimum absolute atomic E-state index is 0.0439. The molecular weight excluding hydrogens is 404 g/mol. The number of anilines is 2. The van der Waals surface area contributed by atoms with Crippen molar-refractivity contribution in [2.45, 2.75) is 20.8 Å². The smallest absolute Gasteiger partial charge is 0.280 e. The zero-order valence-electron chi connectivity index (χ0n) is 16.8. The molecule has 1 heterocycles. The van der Waals surface area contributed by atoms with E-state index in [1.54, 1.807) is 39.0 Å². The Morgan fingerprint density at radius 3 is 2.40 bits per heavy atom. The van der Waals surface area contributed by atoms with E-state index in [9.17, 15) is 18.0 Å². The molecule has 0 spiro atoms. The summed E-state index contributed by atoms with van der Waals surface area (Å²) in [4.78, 5) is 25.1. The summed E-state index contributed by atoms with van der Waals surface area (Å²) in [7, 11) is -3.41. The number of hydrogen-bond donors (Lipinski definition) is 2. The molecule has 0 fully saturated rings. The summed E-state index contributed by atoms with van der Waals surface area (Å²) < 4.78 is 27.5. The highest BCUT2D eigenvalue weighted by atomic mass is 32.2. The number of nitrogens with one attached hydrogen (secondary N) is 2. The number of carbonyl (C=O) groups is 1. The number of para-hydroxylation sites is 1. The van der Waals surface area contributed by atoms with Crippen LogP contribution in [0.4, 0.5) is 11.4 Å². The molecule has 3 aromatic rings. The zero-order valence-corrected chi connectivity index (χ0v) is 17.7. The second kappa shape index (κ2) is 8.50. The van der Waals surface area contributed by atoms with Gasteiger partial charge in [-0.15, -0.1) is 0 Å². The van der Waals surface area contributed by atoms with Gasteiger partial charge in [-0.2, -0.15) is 5.10 Å². The SMILES string of the molecule is CCS(=O)(=O)Nc1ccc(NC(=O)c2nn(-c3ccccc3)c(C)cc2=O)cc1C. The van der Waals surface area contributed by atoms with Crippen molar-refractivity contribution in [3.05, 3.63) is 81.8 Å². The third-order valence-corrected chi connectivity index (χ3v) is 5.74. The Kier molecular flexibility index (Phi) is 6.02. The molecule has 0 atom stereocenters. The fourth-order valence-corrected chi connectivity index (χ4v) is 3.53. The average molecular weight is 426 g/mol.